The third kappa shape index (κ3) is 4.03. The van der Waals surface area contributed by atoms with Gasteiger partial charge in [0.15, 0.2) is 0 Å². The molecule has 1 saturated heterocycles. The molecule has 0 aliphatic carbocycles. The van der Waals surface area contributed by atoms with Crippen LogP contribution < -0.4 is 10.9 Å². The molecule has 2 unspecified atom stereocenters. The standard InChI is InChI=1S/C18H23N3O3/c1-23-11-9-21(13-15-8-5-10-24-15)18(22)17-12-16(19-20-17)14-6-3-2-4-7-14/h2-8,10,16-17,19-20H,9,11-13H2,1H3. The smallest absolute Gasteiger partial charge is 0.241 e. The molecule has 1 fully saturated rings. The number of nitrogens with zero attached hydrogens (tertiary/aromatic N) is 1. The molecule has 3 rings (SSSR count). The van der Waals surface area contributed by atoms with Crippen LogP contribution in [0, 0.1) is 0 Å². The second kappa shape index (κ2) is 8.10. The summed E-state index contributed by atoms with van der Waals surface area (Å²) in [5.41, 5.74) is 7.53. The molecule has 6 heteroatoms. The minimum Gasteiger partial charge on any atom is -0.467 e. The number of carbonyl (C=O) groups excluding carboxylic acids is 1. The normalized spacial score (nSPS) is 20.2. The van der Waals surface area contributed by atoms with Crippen LogP contribution in [0.3, 0.4) is 0 Å². The van der Waals surface area contributed by atoms with Crippen molar-refractivity contribution in [3.63, 3.8) is 0 Å². The lowest BCUT2D eigenvalue weighted by Gasteiger charge is -2.24. The predicted molar refractivity (Wildman–Crippen MR) is 89.9 cm³/mol. The minimum absolute atomic E-state index is 0.0504. The molecule has 128 valence electrons. The van der Waals surface area contributed by atoms with E-state index < -0.39 is 0 Å². The Morgan fingerprint density at radius 2 is 2.08 bits per heavy atom. The number of rotatable bonds is 7. The van der Waals surface area contributed by atoms with Crippen LogP contribution in [0.4, 0.5) is 0 Å². The predicted octanol–water partition coefficient (Wildman–Crippen LogP) is 1.86. The Kier molecular flexibility index (Phi) is 5.63. The lowest BCUT2D eigenvalue weighted by Crippen LogP contribution is -2.46. The quantitative estimate of drug-likeness (QED) is 0.812. The molecule has 0 spiro atoms. The largest absolute Gasteiger partial charge is 0.467 e. The summed E-state index contributed by atoms with van der Waals surface area (Å²) in [6, 6.07) is 13.7. The molecule has 1 aromatic carbocycles. The number of benzene rings is 1. The highest BCUT2D eigenvalue weighted by Gasteiger charge is 2.33. The Balaban J connectivity index is 1.64. The van der Waals surface area contributed by atoms with Crippen molar-refractivity contribution >= 4 is 5.91 Å². The average Bonchev–Trinajstić information content (AvgIpc) is 3.30. The van der Waals surface area contributed by atoms with Crippen LogP contribution in [0.2, 0.25) is 0 Å². The molecule has 0 radical (unpaired) electrons. The molecular weight excluding hydrogens is 306 g/mol. The van der Waals surface area contributed by atoms with Gasteiger partial charge in [-0.05, 0) is 24.1 Å². The fourth-order valence-corrected chi connectivity index (χ4v) is 2.90. The number of hydrogen-bond donors (Lipinski definition) is 2. The van der Waals surface area contributed by atoms with Gasteiger partial charge in [-0.15, -0.1) is 0 Å². The summed E-state index contributed by atoms with van der Waals surface area (Å²) in [5, 5.41) is 0. The maximum atomic E-state index is 12.9. The van der Waals surface area contributed by atoms with E-state index in [9.17, 15) is 4.79 Å². The first kappa shape index (κ1) is 16.7. The Hall–Kier alpha value is -2.15. The van der Waals surface area contributed by atoms with Gasteiger partial charge >= 0.3 is 0 Å². The lowest BCUT2D eigenvalue weighted by atomic mass is 10.0. The number of furan rings is 1. The minimum atomic E-state index is -0.262. The molecule has 1 aliphatic rings. The highest BCUT2D eigenvalue weighted by Crippen LogP contribution is 2.23. The summed E-state index contributed by atoms with van der Waals surface area (Å²) in [6.07, 6.45) is 2.33. The van der Waals surface area contributed by atoms with Crippen LogP contribution in [-0.2, 0) is 16.1 Å². The maximum Gasteiger partial charge on any atom is 0.241 e. The van der Waals surface area contributed by atoms with Gasteiger partial charge in [0.1, 0.15) is 11.8 Å². The summed E-state index contributed by atoms with van der Waals surface area (Å²) in [5.74, 6) is 0.819. The van der Waals surface area contributed by atoms with Crippen molar-refractivity contribution in [3.05, 3.63) is 60.1 Å². The summed E-state index contributed by atoms with van der Waals surface area (Å²) < 4.78 is 10.5. The summed E-state index contributed by atoms with van der Waals surface area (Å²) in [7, 11) is 1.64. The molecule has 0 bridgehead atoms. The van der Waals surface area contributed by atoms with Crippen LogP contribution in [0.25, 0.3) is 0 Å². The monoisotopic (exact) mass is 329 g/mol. The molecule has 2 heterocycles. The Labute approximate surface area is 141 Å². The van der Waals surface area contributed by atoms with Gasteiger partial charge in [0.25, 0.3) is 0 Å². The number of amides is 1. The molecule has 1 aliphatic heterocycles. The second-order valence-electron chi connectivity index (χ2n) is 5.87. The number of hydrogen-bond acceptors (Lipinski definition) is 5. The summed E-state index contributed by atoms with van der Waals surface area (Å²) in [4.78, 5) is 14.7. The highest BCUT2D eigenvalue weighted by atomic mass is 16.5. The zero-order valence-electron chi connectivity index (χ0n) is 13.8. The molecule has 2 atom stereocenters. The van der Waals surface area contributed by atoms with E-state index in [0.29, 0.717) is 26.1 Å². The van der Waals surface area contributed by atoms with E-state index in [1.807, 2.05) is 30.3 Å². The number of methoxy groups -OCH3 is 1. The first-order valence-electron chi connectivity index (χ1n) is 8.14. The van der Waals surface area contributed by atoms with Crippen molar-refractivity contribution in [1.29, 1.82) is 0 Å². The Morgan fingerprint density at radius 3 is 2.79 bits per heavy atom. The van der Waals surface area contributed by atoms with Gasteiger partial charge in [-0.2, -0.15) is 0 Å². The van der Waals surface area contributed by atoms with Crippen LogP contribution in [-0.4, -0.2) is 37.1 Å². The number of ether oxygens (including phenoxy) is 1. The molecule has 6 nitrogen and oxygen atoms in total. The molecular formula is C18H23N3O3. The maximum absolute atomic E-state index is 12.9. The van der Waals surface area contributed by atoms with Crippen LogP contribution in [0.5, 0.6) is 0 Å². The van der Waals surface area contributed by atoms with Gasteiger partial charge < -0.3 is 14.1 Å². The van der Waals surface area contributed by atoms with E-state index in [2.05, 4.69) is 23.0 Å². The molecule has 2 aromatic rings. The van der Waals surface area contributed by atoms with E-state index in [1.54, 1.807) is 18.3 Å². The zero-order chi connectivity index (χ0) is 16.8. The van der Waals surface area contributed by atoms with Crippen molar-refractivity contribution in [3.8, 4) is 0 Å². The Bertz CT molecular complexity index is 630. The fraction of sp³-hybridized carbons (Fsp3) is 0.389. The lowest BCUT2D eigenvalue weighted by molar-refractivity contribution is -0.134. The first-order valence-corrected chi connectivity index (χ1v) is 8.14. The van der Waals surface area contributed by atoms with Gasteiger partial charge in [0.05, 0.1) is 19.4 Å². The van der Waals surface area contributed by atoms with Gasteiger partial charge in [0, 0.05) is 19.7 Å². The van der Waals surface area contributed by atoms with Crippen LogP contribution in [0.15, 0.2) is 53.1 Å². The molecule has 1 aromatic heterocycles. The average molecular weight is 329 g/mol. The van der Waals surface area contributed by atoms with E-state index in [4.69, 9.17) is 9.15 Å². The number of nitrogens with one attached hydrogen (secondary N) is 2. The third-order valence-corrected chi connectivity index (χ3v) is 4.21. The third-order valence-electron chi connectivity index (χ3n) is 4.21. The van der Waals surface area contributed by atoms with E-state index in [0.717, 1.165) is 5.76 Å². The van der Waals surface area contributed by atoms with E-state index >= 15 is 0 Å². The topological polar surface area (TPSA) is 66.7 Å². The highest BCUT2D eigenvalue weighted by molar-refractivity contribution is 5.82. The summed E-state index contributed by atoms with van der Waals surface area (Å²) in [6.45, 7) is 1.47. The first-order chi connectivity index (χ1) is 11.8. The van der Waals surface area contributed by atoms with Gasteiger partial charge in [-0.1, -0.05) is 30.3 Å². The SMILES string of the molecule is COCCN(Cc1ccco1)C(=O)C1CC(c2ccccc2)NN1. The van der Waals surface area contributed by atoms with Gasteiger partial charge in [-0.25, -0.2) is 10.9 Å². The Morgan fingerprint density at radius 1 is 1.25 bits per heavy atom. The van der Waals surface area contributed by atoms with Crippen LogP contribution >= 0.6 is 0 Å². The number of carbonyl (C=O) groups is 1. The number of hydrazine groups is 1. The molecule has 2 N–H and O–H groups in total. The van der Waals surface area contributed by atoms with Crippen molar-refractivity contribution < 1.29 is 13.9 Å². The van der Waals surface area contributed by atoms with Crippen molar-refractivity contribution in [1.82, 2.24) is 15.8 Å². The van der Waals surface area contributed by atoms with Crippen molar-refractivity contribution in [2.75, 3.05) is 20.3 Å². The van der Waals surface area contributed by atoms with E-state index in [-0.39, 0.29) is 18.0 Å². The second-order valence-corrected chi connectivity index (χ2v) is 5.87. The van der Waals surface area contributed by atoms with Gasteiger partial charge in [-0.3, -0.25) is 4.79 Å². The molecule has 0 saturated carbocycles. The summed E-state index contributed by atoms with van der Waals surface area (Å²) >= 11 is 0. The van der Waals surface area contributed by atoms with Crippen LogP contribution in [0.1, 0.15) is 23.8 Å². The van der Waals surface area contributed by atoms with E-state index in [1.165, 1.54) is 5.56 Å². The van der Waals surface area contributed by atoms with Gasteiger partial charge in [0.2, 0.25) is 5.91 Å². The molecule has 1 amide bonds. The van der Waals surface area contributed by atoms with Crippen molar-refractivity contribution in [2.45, 2.75) is 25.0 Å². The fourth-order valence-electron chi connectivity index (χ4n) is 2.90. The molecule has 24 heavy (non-hydrogen) atoms. The van der Waals surface area contributed by atoms with Crippen molar-refractivity contribution in [2.24, 2.45) is 0 Å². The zero-order valence-corrected chi connectivity index (χ0v) is 13.8.